The third kappa shape index (κ3) is 3.77. The molecule has 12 rings (SSSR count). The van der Waals surface area contributed by atoms with Crippen LogP contribution in [0.15, 0.2) is 170 Å². The summed E-state index contributed by atoms with van der Waals surface area (Å²) in [6.45, 7) is 0. The first-order valence-corrected chi connectivity index (χ1v) is 19.3. The molecule has 0 bridgehead atoms. The fourth-order valence-electron chi connectivity index (χ4n) is 8.76. The Kier molecular flexibility index (Phi) is 5.84. The minimum absolute atomic E-state index is 1.17. The highest BCUT2D eigenvalue weighted by Gasteiger charge is 2.26. The maximum absolute atomic E-state index is 2.53. The Labute approximate surface area is 306 Å². The number of para-hydroxylation sites is 3. The van der Waals surface area contributed by atoms with Crippen LogP contribution in [0.5, 0.6) is 0 Å². The molecule has 0 radical (unpaired) electrons. The predicted octanol–water partition coefficient (Wildman–Crippen LogP) is 14.3. The molecular weight excluding hydrogens is 669 g/mol. The van der Waals surface area contributed by atoms with E-state index in [-0.39, 0.29) is 0 Å². The highest BCUT2D eigenvalue weighted by molar-refractivity contribution is 7.27. The topological polar surface area (TPSA) is 9.86 Å². The highest BCUT2D eigenvalue weighted by Crippen LogP contribution is 2.51. The molecule has 0 spiro atoms. The van der Waals surface area contributed by atoms with Crippen molar-refractivity contribution < 1.29 is 0 Å². The van der Waals surface area contributed by atoms with Gasteiger partial charge in [-0.15, -0.1) is 22.7 Å². The predicted molar refractivity (Wildman–Crippen MR) is 226 cm³/mol. The number of hydrogen-bond acceptors (Lipinski definition) is 2. The second-order valence-corrected chi connectivity index (χ2v) is 15.7. The molecule has 0 saturated carbocycles. The maximum Gasteiger partial charge on any atom is 0.0727 e. The van der Waals surface area contributed by atoms with E-state index in [1.807, 2.05) is 22.7 Å². The molecule has 0 aliphatic carbocycles. The van der Waals surface area contributed by atoms with Crippen LogP contribution in [-0.2, 0) is 0 Å². The van der Waals surface area contributed by atoms with Gasteiger partial charge in [-0.2, -0.15) is 0 Å². The van der Waals surface area contributed by atoms with Gasteiger partial charge in [-0.1, -0.05) is 121 Å². The van der Waals surface area contributed by atoms with Gasteiger partial charge in [-0.3, -0.25) is 0 Å². The van der Waals surface area contributed by atoms with Crippen LogP contribution < -0.4 is 0 Å². The Balaban J connectivity index is 1.22. The summed E-state index contributed by atoms with van der Waals surface area (Å²) in [5, 5.41) is 10.5. The van der Waals surface area contributed by atoms with Crippen molar-refractivity contribution in [2.45, 2.75) is 0 Å². The minimum Gasteiger partial charge on any atom is -0.309 e. The normalized spacial score (nSPS) is 12.2. The Hall–Kier alpha value is -6.20. The number of nitrogens with zero attached hydrogens (tertiary/aromatic N) is 2. The van der Waals surface area contributed by atoms with Gasteiger partial charge in [0.1, 0.15) is 0 Å². The summed E-state index contributed by atoms with van der Waals surface area (Å²) >= 11 is 3.80. The van der Waals surface area contributed by atoms with E-state index in [0.717, 1.165) is 0 Å². The van der Waals surface area contributed by atoms with Crippen LogP contribution >= 0.6 is 22.7 Å². The van der Waals surface area contributed by atoms with Gasteiger partial charge in [0.15, 0.2) is 0 Å². The van der Waals surface area contributed by atoms with E-state index in [2.05, 4.69) is 179 Å². The van der Waals surface area contributed by atoms with Gasteiger partial charge < -0.3 is 9.13 Å². The number of aromatic nitrogens is 2. The number of rotatable bonds is 3. The van der Waals surface area contributed by atoms with Crippen LogP contribution in [0.2, 0.25) is 0 Å². The van der Waals surface area contributed by atoms with Crippen molar-refractivity contribution in [2.24, 2.45) is 0 Å². The largest absolute Gasteiger partial charge is 0.309 e. The fraction of sp³-hybridized carbons (Fsp3) is 0. The van der Waals surface area contributed by atoms with Crippen molar-refractivity contribution in [1.29, 1.82) is 0 Å². The van der Waals surface area contributed by atoms with Crippen LogP contribution in [0.1, 0.15) is 0 Å². The van der Waals surface area contributed by atoms with Crippen molar-refractivity contribution in [3.63, 3.8) is 0 Å². The lowest BCUT2D eigenvalue weighted by Crippen LogP contribution is -1.96. The van der Waals surface area contributed by atoms with Gasteiger partial charge in [0.05, 0.1) is 26.8 Å². The third-order valence-corrected chi connectivity index (χ3v) is 13.3. The Morgan fingerprint density at radius 2 is 0.846 bits per heavy atom. The van der Waals surface area contributed by atoms with Crippen LogP contribution in [0.4, 0.5) is 0 Å². The summed E-state index contributed by atoms with van der Waals surface area (Å²) in [5.41, 5.74) is 9.88. The highest BCUT2D eigenvalue weighted by atomic mass is 32.1. The summed E-state index contributed by atoms with van der Waals surface area (Å²) in [6, 6.07) is 62.5. The van der Waals surface area contributed by atoms with E-state index in [1.165, 1.54) is 106 Å². The minimum atomic E-state index is 1.17. The quantitative estimate of drug-likeness (QED) is 0.174. The van der Waals surface area contributed by atoms with E-state index in [0.29, 0.717) is 0 Å². The number of benzene rings is 8. The standard InChI is InChI=1S/C48H28N2S2/c1-2-13-30(14-3-1)49-38-21-8-4-16-35(38)42-43-36-17-5-9-22-39(36)50(46(43)48-44(45(42)49)37-18-7-11-24-41(37)52-48)31-27-25-29(26-28-31)32-19-12-20-34-33-15-6-10-23-40(33)51-47(32)34/h1-28H. The number of thiophene rings is 2. The fourth-order valence-corrected chi connectivity index (χ4v) is 11.2. The summed E-state index contributed by atoms with van der Waals surface area (Å²) in [6.07, 6.45) is 0. The zero-order valence-corrected chi connectivity index (χ0v) is 29.5. The molecule has 242 valence electrons. The number of fused-ring (bicyclic) bond motifs is 15. The maximum atomic E-state index is 2.53. The van der Waals surface area contributed by atoms with Gasteiger partial charge in [0.25, 0.3) is 0 Å². The zero-order valence-electron chi connectivity index (χ0n) is 27.9. The van der Waals surface area contributed by atoms with Crippen molar-refractivity contribution >= 4 is 107 Å². The molecule has 4 heteroatoms. The monoisotopic (exact) mass is 696 g/mol. The molecule has 0 unspecified atom stereocenters. The van der Waals surface area contributed by atoms with Crippen LogP contribution in [0.25, 0.3) is 106 Å². The van der Waals surface area contributed by atoms with Crippen molar-refractivity contribution in [2.75, 3.05) is 0 Å². The molecule has 0 atom stereocenters. The molecular formula is C48H28N2S2. The van der Waals surface area contributed by atoms with Gasteiger partial charge in [0, 0.05) is 68.6 Å². The smallest absolute Gasteiger partial charge is 0.0727 e. The van der Waals surface area contributed by atoms with Crippen molar-refractivity contribution in [3.05, 3.63) is 170 Å². The molecule has 0 saturated heterocycles. The van der Waals surface area contributed by atoms with Gasteiger partial charge >= 0.3 is 0 Å². The zero-order chi connectivity index (χ0) is 33.9. The third-order valence-electron chi connectivity index (χ3n) is 10.9. The second-order valence-electron chi connectivity index (χ2n) is 13.6. The van der Waals surface area contributed by atoms with E-state index in [4.69, 9.17) is 0 Å². The first-order valence-electron chi connectivity index (χ1n) is 17.7. The van der Waals surface area contributed by atoms with Gasteiger partial charge in [-0.05, 0) is 59.7 Å². The van der Waals surface area contributed by atoms with Gasteiger partial charge in [0.2, 0.25) is 0 Å². The summed E-state index contributed by atoms with van der Waals surface area (Å²) in [7, 11) is 0. The lowest BCUT2D eigenvalue weighted by Gasteiger charge is -2.12. The average Bonchev–Trinajstić information content (AvgIpc) is 3.96. The first kappa shape index (κ1) is 28.5. The SMILES string of the molecule is c1ccc(-n2c3ccccc3c3c4c5ccccc5n(-c5ccc(-c6cccc7c6sc6ccccc67)cc5)c4c4sc5ccccc5c4c32)cc1. The van der Waals surface area contributed by atoms with Crippen LogP contribution in [0, 0.1) is 0 Å². The summed E-state index contributed by atoms with van der Waals surface area (Å²) in [5.74, 6) is 0. The van der Waals surface area contributed by atoms with Gasteiger partial charge in [-0.25, -0.2) is 0 Å². The molecule has 0 aliphatic rings. The lowest BCUT2D eigenvalue weighted by atomic mass is 10.0. The molecule has 8 aromatic carbocycles. The molecule has 0 fully saturated rings. The van der Waals surface area contributed by atoms with E-state index < -0.39 is 0 Å². The lowest BCUT2D eigenvalue weighted by molar-refractivity contribution is 1.18. The Morgan fingerprint density at radius 1 is 0.327 bits per heavy atom. The average molecular weight is 697 g/mol. The van der Waals surface area contributed by atoms with E-state index in [1.54, 1.807) is 0 Å². The Morgan fingerprint density at radius 3 is 1.58 bits per heavy atom. The molecule has 4 heterocycles. The van der Waals surface area contributed by atoms with Crippen molar-refractivity contribution in [1.82, 2.24) is 9.13 Å². The summed E-state index contributed by atoms with van der Waals surface area (Å²) < 4.78 is 10.3. The second kappa shape index (κ2) is 10.7. The van der Waals surface area contributed by atoms with Crippen LogP contribution in [-0.4, -0.2) is 9.13 Å². The molecule has 0 amide bonds. The molecule has 52 heavy (non-hydrogen) atoms. The first-order chi connectivity index (χ1) is 25.8. The molecule has 12 aromatic rings. The Bertz CT molecular complexity index is 3390. The number of hydrogen-bond donors (Lipinski definition) is 0. The molecule has 0 aliphatic heterocycles. The molecule has 4 aromatic heterocycles. The van der Waals surface area contributed by atoms with Crippen molar-refractivity contribution in [3.8, 4) is 22.5 Å². The summed E-state index contributed by atoms with van der Waals surface area (Å²) in [4.78, 5) is 0. The molecule has 0 N–H and O–H groups in total. The van der Waals surface area contributed by atoms with E-state index in [9.17, 15) is 0 Å². The van der Waals surface area contributed by atoms with Crippen LogP contribution in [0.3, 0.4) is 0 Å². The van der Waals surface area contributed by atoms with E-state index >= 15 is 0 Å². The molecule has 2 nitrogen and oxygen atoms in total.